The lowest BCUT2D eigenvalue weighted by Crippen LogP contribution is -2.59. The van der Waals surface area contributed by atoms with E-state index >= 15 is 0 Å². The fourth-order valence-electron chi connectivity index (χ4n) is 10.1. The molecule has 1 aromatic heterocycles. The Hall–Kier alpha value is -9.25. The molecule has 96 heavy (non-hydrogen) atoms. The van der Waals surface area contributed by atoms with Crippen LogP contribution in [0.25, 0.3) is 10.9 Å². The average molecular weight is 1370 g/mol. The van der Waals surface area contributed by atoms with Gasteiger partial charge in [0, 0.05) is 93.6 Å². The van der Waals surface area contributed by atoms with E-state index in [0.29, 0.717) is 22.2 Å². The number of aromatic nitrogens is 1. The van der Waals surface area contributed by atoms with Crippen molar-refractivity contribution in [3.63, 3.8) is 0 Å². The normalized spacial score (nSPS) is 15.5. The number of rotatable bonds is 37. The lowest BCUT2D eigenvalue weighted by Gasteiger charge is -2.32. The van der Waals surface area contributed by atoms with Gasteiger partial charge in [0.1, 0.15) is 36.3 Å². The summed E-state index contributed by atoms with van der Waals surface area (Å²) in [5, 5.41) is 52.5. The SMILES string of the molecule is CSCC[C@H](NC(=O)[C@H](CC(C)C)NC(=O)CNC(=O)[C@@H](NC(=O)[C@H](C)NC(=O)[C@H](Cc1c[nH]c2ccccc12)NC(=O)[C@H](CCC(N)=O)NC(=O)c1ccc(NC(=O)CNC(=O)CN2CCN(CC(=O)O)CCN(CC(=O)O)CCN(CC(=O)O)CC2)cc1)C(C)C)C(N)=O. The molecule has 3 aromatic rings. The van der Waals surface area contributed by atoms with Crippen molar-refractivity contribution in [1.82, 2.24) is 67.1 Å². The van der Waals surface area contributed by atoms with Gasteiger partial charge in [0.2, 0.25) is 59.1 Å². The molecule has 0 aliphatic carbocycles. The van der Waals surface area contributed by atoms with E-state index in [1.807, 2.05) is 20.1 Å². The van der Waals surface area contributed by atoms with Crippen LogP contribution in [0, 0.1) is 11.8 Å². The molecule has 6 atom stereocenters. The summed E-state index contributed by atoms with van der Waals surface area (Å²) in [4.78, 5) is 191. The number of para-hydroxylation sites is 1. The maximum Gasteiger partial charge on any atom is 0.317 e. The van der Waals surface area contributed by atoms with Gasteiger partial charge in [-0.2, -0.15) is 11.8 Å². The highest BCUT2D eigenvalue weighted by Crippen LogP contribution is 2.20. The monoisotopic (exact) mass is 1360 g/mol. The fourth-order valence-corrected chi connectivity index (χ4v) is 10.6. The number of nitrogens with one attached hydrogen (secondary N) is 10. The van der Waals surface area contributed by atoms with Crippen LogP contribution in [0.5, 0.6) is 0 Å². The zero-order valence-corrected chi connectivity index (χ0v) is 55.7. The van der Waals surface area contributed by atoms with Gasteiger partial charge >= 0.3 is 17.9 Å². The van der Waals surface area contributed by atoms with Gasteiger partial charge in [-0.15, -0.1) is 0 Å². The minimum Gasteiger partial charge on any atom is -0.480 e. The second-order valence-electron chi connectivity index (χ2n) is 24.0. The Morgan fingerprint density at radius 1 is 0.542 bits per heavy atom. The molecule has 0 bridgehead atoms. The van der Waals surface area contributed by atoms with E-state index in [-0.39, 0.29) is 128 Å². The number of carboxylic acid groups (broad SMARTS) is 3. The van der Waals surface area contributed by atoms with Gasteiger partial charge in [-0.3, -0.25) is 86.7 Å². The number of anilines is 1. The van der Waals surface area contributed by atoms with Crippen molar-refractivity contribution >= 4 is 111 Å². The Kier molecular flexibility index (Phi) is 33.2. The Morgan fingerprint density at radius 2 is 1.06 bits per heavy atom. The standard InChI is InChI=1S/C62H92N16O17S/c1-36(2)27-46(61(94)71-44(56(64)89)17-26-96-6)70-50(81)31-67-62(95)55(37(3)4)74-57(90)38(5)68-60(93)47(28-40-29-65-43-10-8-7-9-42(40)43)73-59(92)45(15-16-48(63)79)72-58(91)39-11-13-41(14-12-39)69-49(80)30-66-51(82)32-75-18-20-76(33-52(83)84)22-24-78(35-54(87)88)25-23-77(21-19-75)34-53(85)86/h7-14,29,36-38,44-47,55,65H,15-28,30-35H2,1-6H3,(H2,63,79)(H2,64,89)(H,66,82)(H,67,95)(H,68,93)(H,69,80)(H,70,81)(H,71,94)(H,72,91)(H,73,92)(H,74,90)(H,83,84)(H,85,86)(H,87,88)/t38-,44-,45-,46-,47-,55-/m0/s1. The van der Waals surface area contributed by atoms with Gasteiger partial charge in [0.25, 0.3) is 5.91 Å². The Labute approximate surface area is 559 Å². The van der Waals surface area contributed by atoms with Gasteiger partial charge in [-0.25, -0.2) is 0 Å². The fraction of sp³-hybridized carbons (Fsp3) is 0.548. The zero-order chi connectivity index (χ0) is 71.2. The third-order valence-electron chi connectivity index (χ3n) is 15.3. The number of carbonyl (C=O) groups is 14. The molecule has 1 aliphatic heterocycles. The molecule has 1 aliphatic rings. The summed E-state index contributed by atoms with van der Waals surface area (Å²) >= 11 is 1.46. The highest BCUT2D eigenvalue weighted by Gasteiger charge is 2.33. The molecule has 528 valence electrons. The van der Waals surface area contributed by atoms with E-state index < -0.39 is 138 Å². The van der Waals surface area contributed by atoms with Gasteiger partial charge < -0.3 is 79.6 Å². The van der Waals surface area contributed by atoms with Gasteiger partial charge in [-0.05, 0) is 85.9 Å². The quantitative estimate of drug-likeness (QED) is 0.0270. The number of hydrogen-bond acceptors (Lipinski definition) is 19. The molecule has 0 radical (unpaired) electrons. The van der Waals surface area contributed by atoms with Crippen LogP contribution in [-0.4, -0.2) is 263 Å². The van der Waals surface area contributed by atoms with E-state index in [4.69, 9.17) is 11.5 Å². The molecule has 2 heterocycles. The minimum atomic E-state index is -1.48. The van der Waals surface area contributed by atoms with E-state index in [1.54, 1.807) is 63.9 Å². The first-order valence-corrected chi connectivity index (χ1v) is 32.7. The molecular weight excluding hydrogens is 1270 g/mol. The summed E-state index contributed by atoms with van der Waals surface area (Å²) in [6, 6.07) is 4.97. The number of hydrogen-bond donors (Lipinski definition) is 15. The number of carboxylic acids is 3. The maximum atomic E-state index is 14.3. The number of aromatic amines is 1. The molecular formula is C62H92N16O17S. The number of fused-ring (bicyclic) bond motifs is 1. The number of primary amides is 2. The molecule has 34 heteroatoms. The van der Waals surface area contributed by atoms with Crippen LogP contribution in [0.2, 0.25) is 0 Å². The number of carbonyl (C=O) groups excluding carboxylic acids is 11. The Bertz CT molecular complexity index is 3170. The number of nitrogens with two attached hydrogens (primary N) is 2. The van der Waals surface area contributed by atoms with Crippen molar-refractivity contribution in [3.8, 4) is 0 Å². The number of nitrogens with zero attached hydrogens (tertiary/aromatic N) is 4. The number of benzene rings is 2. The topological polar surface area (TPSA) is 489 Å². The summed E-state index contributed by atoms with van der Waals surface area (Å²) in [5.74, 6) is -11.8. The smallest absolute Gasteiger partial charge is 0.317 e. The molecule has 0 spiro atoms. The van der Waals surface area contributed by atoms with Crippen molar-refractivity contribution in [2.24, 2.45) is 23.3 Å². The molecule has 1 fully saturated rings. The van der Waals surface area contributed by atoms with E-state index in [2.05, 4.69) is 52.8 Å². The molecule has 0 saturated carbocycles. The van der Waals surface area contributed by atoms with Crippen LogP contribution in [0.15, 0.2) is 54.7 Å². The first kappa shape index (κ1) is 79.2. The predicted molar refractivity (Wildman–Crippen MR) is 353 cm³/mol. The van der Waals surface area contributed by atoms with Crippen molar-refractivity contribution in [3.05, 3.63) is 65.9 Å². The Morgan fingerprint density at radius 3 is 1.58 bits per heavy atom. The molecule has 2 aromatic carbocycles. The summed E-state index contributed by atoms with van der Waals surface area (Å²) in [7, 11) is 0. The van der Waals surface area contributed by atoms with Crippen LogP contribution >= 0.6 is 11.8 Å². The van der Waals surface area contributed by atoms with Gasteiger partial charge in [0.15, 0.2) is 0 Å². The van der Waals surface area contributed by atoms with Crippen molar-refractivity contribution in [2.45, 2.75) is 103 Å². The lowest BCUT2D eigenvalue weighted by atomic mass is 10.0. The molecule has 33 nitrogen and oxygen atoms in total. The zero-order valence-electron chi connectivity index (χ0n) is 54.9. The lowest BCUT2D eigenvalue weighted by molar-refractivity contribution is -0.140. The molecule has 1 saturated heterocycles. The maximum absolute atomic E-state index is 14.3. The minimum absolute atomic E-state index is 0.0107. The number of amides is 11. The van der Waals surface area contributed by atoms with Crippen molar-refractivity contribution in [2.75, 3.05) is 109 Å². The summed E-state index contributed by atoms with van der Waals surface area (Å²) < 4.78 is 0. The van der Waals surface area contributed by atoms with Crippen LogP contribution in [0.4, 0.5) is 5.69 Å². The summed E-state index contributed by atoms with van der Waals surface area (Å²) in [6.07, 6.45) is 3.07. The molecule has 17 N–H and O–H groups in total. The number of H-pyrrole nitrogens is 1. The largest absolute Gasteiger partial charge is 0.480 e. The van der Waals surface area contributed by atoms with Crippen LogP contribution in [0.3, 0.4) is 0 Å². The number of thioether (sulfide) groups is 1. The predicted octanol–water partition coefficient (Wildman–Crippen LogP) is -3.19. The molecule has 11 amide bonds. The third kappa shape index (κ3) is 28.8. The first-order chi connectivity index (χ1) is 45.4. The summed E-state index contributed by atoms with van der Waals surface area (Å²) in [6.45, 7) is 7.28. The van der Waals surface area contributed by atoms with Crippen molar-refractivity contribution < 1.29 is 82.4 Å². The highest BCUT2D eigenvalue weighted by atomic mass is 32.2. The highest BCUT2D eigenvalue weighted by molar-refractivity contribution is 7.98. The van der Waals surface area contributed by atoms with E-state index in [0.717, 1.165) is 0 Å². The molecule has 0 unspecified atom stereocenters. The van der Waals surface area contributed by atoms with E-state index in [1.165, 1.54) is 43.0 Å². The third-order valence-corrected chi connectivity index (χ3v) is 16.0. The summed E-state index contributed by atoms with van der Waals surface area (Å²) in [5.41, 5.74) is 12.5. The first-order valence-electron chi connectivity index (χ1n) is 31.3. The van der Waals surface area contributed by atoms with E-state index in [9.17, 15) is 82.4 Å². The van der Waals surface area contributed by atoms with Crippen LogP contribution < -0.4 is 59.3 Å². The second kappa shape index (κ2) is 40.2. The van der Waals surface area contributed by atoms with Gasteiger partial charge in [0.05, 0.1) is 39.3 Å². The van der Waals surface area contributed by atoms with Crippen LogP contribution in [-0.2, 0) is 68.7 Å². The number of aliphatic carboxylic acids is 3. The average Bonchev–Trinajstić information content (AvgIpc) is 1.56. The van der Waals surface area contributed by atoms with Crippen molar-refractivity contribution in [1.29, 1.82) is 0 Å². The second-order valence-corrected chi connectivity index (χ2v) is 25.0. The van der Waals surface area contributed by atoms with Gasteiger partial charge in [-0.1, -0.05) is 45.9 Å². The van der Waals surface area contributed by atoms with Crippen LogP contribution in [0.1, 0.15) is 76.2 Å². The Balaban J connectivity index is 1.41. The molecule has 4 rings (SSSR count).